The minimum Gasteiger partial charge on any atom is -0.409 e. The number of likely N-dealkylation sites (tertiary alicyclic amines) is 1. The molecular weight excluding hydrogens is 491 g/mol. The van der Waals surface area contributed by atoms with Gasteiger partial charge in [0.05, 0.1) is 33.9 Å². The number of hydrogen-bond acceptors (Lipinski definition) is 7. The lowest BCUT2D eigenvalue weighted by molar-refractivity contribution is -0.00138. The number of hydrogen-bond donors (Lipinski definition) is 4. The minimum atomic E-state index is -0.300. The van der Waals surface area contributed by atoms with Gasteiger partial charge in [0.2, 0.25) is 0 Å². The molecule has 0 radical (unpaired) electrons. The van der Waals surface area contributed by atoms with Crippen LogP contribution < -0.4 is 11.1 Å². The van der Waals surface area contributed by atoms with E-state index in [9.17, 15) is 0 Å². The Labute approximate surface area is 214 Å². The summed E-state index contributed by atoms with van der Waals surface area (Å²) in [6.45, 7) is 1.89. The number of halogens is 2. The van der Waals surface area contributed by atoms with Gasteiger partial charge >= 0.3 is 0 Å². The molecule has 2 saturated carbocycles. The van der Waals surface area contributed by atoms with E-state index in [0.29, 0.717) is 53.1 Å². The number of nitrogens with two attached hydrogens (primary N) is 1. The lowest BCUT2D eigenvalue weighted by Gasteiger charge is -2.33. The molecule has 1 aromatic rings. The molecular formula is C24H30Cl2N6O3. The molecule has 3 atom stereocenters. The molecule has 5 rings (SSSR count). The first-order chi connectivity index (χ1) is 16.9. The van der Waals surface area contributed by atoms with Gasteiger partial charge in [-0.15, -0.1) is 0 Å². The number of nitrogens with one attached hydrogen (secondary N) is 2. The van der Waals surface area contributed by atoms with Gasteiger partial charge in [0.15, 0.2) is 5.84 Å². The third-order valence-corrected chi connectivity index (χ3v) is 8.25. The first-order valence-electron chi connectivity index (χ1n) is 11.9. The van der Waals surface area contributed by atoms with Crippen molar-refractivity contribution in [1.82, 2.24) is 10.2 Å². The van der Waals surface area contributed by atoms with Crippen molar-refractivity contribution < 1.29 is 14.8 Å². The van der Waals surface area contributed by atoms with Gasteiger partial charge in [-0.25, -0.2) is 0 Å². The molecule has 0 bridgehead atoms. The van der Waals surface area contributed by atoms with Gasteiger partial charge in [-0.1, -0.05) is 39.6 Å². The number of benzene rings is 1. The van der Waals surface area contributed by atoms with Crippen LogP contribution in [0.1, 0.15) is 31.2 Å². The van der Waals surface area contributed by atoms with E-state index >= 15 is 0 Å². The van der Waals surface area contributed by atoms with Crippen LogP contribution in [0, 0.1) is 22.7 Å². The molecule has 0 spiro atoms. The second-order valence-corrected chi connectivity index (χ2v) is 10.5. The molecule has 1 saturated heterocycles. The molecule has 2 heterocycles. The summed E-state index contributed by atoms with van der Waals surface area (Å²) in [5, 5.41) is 28.7. The second kappa shape index (κ2) is 9.52. The average Bonchev–Trinajstić information content (AvgIpc) is 3.77. The average molecular weight is 521 g/mol. The van der Waals surface area contributed by atoms with Gasteiger partial charge in [-0.3, -0.25) is 5.41 Å². The molecule has 188 valence electrons. The molecule has 4 aliphatic rings. The smallest absolute Gasteiger partial charge is 0.186 e. The predicted molar refractivity (Wildman–Crippen MR) is 135 cm³/mol. The van der Waals surface area contributed by atoms with E-state index in [1.807, 2.05) is 23.1 Å². The minimum absolute atomic E-state index is 0.0226. The van der Waals surface area contributed by atoms with Crippen LogP contribution >= 0.6 is 23.2 Å². The van der Waals surface area contributed by atoms with Gasteiger partial charge in [-0.2, -0.15) is 0 Å². The summed E-state index contributed by atoms with van der Waals surface area (Å²) >= 11 is 13.1. The molecule has 2 aliphatic heterocycles. The number of fused-ring (bicyclic) bond motifs is 1. The molecule has 2 aliphatic carbocycles. The summed E-state index contributed by atoms with van der Waals surface area (Å²) in [5.74, 6) is 1.27. The first-order valence-corrected chi connectivity index (χ1v) is 12.7. The highest BCUT2D eigenvalue weighted by Crippen LogP contribution is 2.68. The summed E-state index contributed by atoms with van der Waals surface area (Å²) in [6.07, 6.45) is 5.68. The fourth-order valence-electron chi connectivity index (χ4n) is 5.53. The van der Waals surface area contributed by atoms with Crippen molar-refractivity contribution in [3.8, 4) is 0 Å². The zero-order valence-electron chi connectivity index (χ0n) is 19.5. The highest BCUT2D eigenvalue weighted by Gasteiger charge is 2.77. The number of piperidine rings is 1. The van der Waals surface area contributed by atoms with E-state index in [0.717, 1.165) is 24.1 Å². The summed E-state index contributed by atoms with van der Waals surface area (Å²) in [5.41, 5.74) is 7.32. The number of rotatable bonds is 8. The van der Waals surface area contributed by atoms with Crippen molar-refractivity contribution >= 4 is 40.6 Å². The van der Waals surface area contributed by atoms with Crippen molar-refractivity contribution in [2.45, 2.75) is 37.9 Å². The molecule has 0 amide bonds. The van der Waals surface area contributed by atoms with Gasteiger partial charge in [0.25, 0.3) is 0 Å². The van der Waals surface area contributed by atoms with Crippen LogP contribution in [0.3, 0.4) is 0 Å². The van der Waals surface area contributed by atoms with Crippen LogP contribution in [-0.2, 0) is 9.57 Å². The van der Waals surface area contributed by atoms with Crippen molar-refractivity contribution in [3.63, 3.8) is 0 Å². The number of ether oxygens (including phenoxy) is 1. The Bertz CT molecular complexity index is 1080. The van der Waals surface area contributed by atoms with E-state index in [1.165, 1.54) is 12.8 Å². The van der Waals surface area contributed by atoms with Crippen LogP contribution in [0.2, 0.25) is 10.0 Å². The maximum Gasteiger partial charge on any atom is 0.186 e. The van der Waals surface area contributed by atoms with Crippen LogP contribution in [0.25, 0.3) is 0 Å². The van der Waals surface area contributed by atoms with E-state index in [2.05, 4.69) is 15.6 Å². The highest BCUT2D eigenvalue weighted by molar-refractivity contribution is 6.40. The third-order valence-electron chi connectivity index (χ3n) is 7.62. The molecule has 3 fully saturated rings. The quantitative estimate of drug-likeness (QED) is 0.180. The van der Waals surface area contributed by atoms with Gasteiger partial charge in [0, 0.05) is 37.7 Å². The Hall–Kier alpha value is -2.49. The summed E-state index contributed by atoms with van der Waals surface area (Å²) in [7, 11) is 1.66. The Balaban J connectivity index is 1.24. The Morgan fingerprint density at radius 3 is 2.63 bits per heavy atom. The SMILES string of the molecule is CNC(=C\C(=N)N1CCC(OCC23C(c4c(Cl)cccc4Cl)=NOC2C3C2CC2)CC1)/C(N)=N/O. The first kappa shape index (κ1) is 24.2. The van der Waals surface area contributed by atoms with Crippen LogP contribution in [0.5, 0.6) is 0 Å². The van der Waals surface area contributed by atoms with E-state index < -0.39 is 0 Å². The van der Waals surface area contributed by atoms with Gasteiger partial charge < -0.3 is 30.7 Å². The lowest BCUT2D eigenvalue weighted by Crippen LogP contribution is -2.41. The van der Waals surface area contributed by atoms with Crippen molar-refractivity contribution in [2.75, 3.05) is 26.7 Å². The summed E-state index contributed by atoms with van der Waals surface area (Å²) in [4.78, 5) is 7.85. The van der Waals surface area contributed by atoms with Crippen LogP contribution in [0.4, 0.5) is 0 Å². The molecule has 11 heteroatoms. The molecule has 3 unspecified atom stereocenters. The zero-order valence-corrected chi connectivity index (χ0v) is 21.0. The number of amidine groups is 2. The monoisotopic (exact) mass is 520 g/mol. The Kier molecular flexibility index (Phi) is 6.59. The van der Waals surface area contributed by atoms with Crippen LogP contribution in [-0.4, -0.2) is 66.4 Å². The molecule has 5 N–H and O–H groups in total. The van der Waals surface area contributed by atoms with E-state index in [-0.39, 0.29) is 23.5 Å². The second-order valence-electron chi connectivity index (χ2n) is 9.64. The van der Waals surface area contributed by atoms with Crippen molar-refractivity contribution in [3.05, 3.63) is 45.6 Å². The predicted octanol–water partition coefficient (Wildman–Crippen LogP) is 3.43. The Morgan fingerprint density at radius 2 is 2.03 bits per heavy atom. The van der Waals surface area contributed by atoms with Crippen LogP contribution in [0.15, 0.2) is 40.3 Å². The largest absolute Gasteiger partial charge is 0.409 e. The van der Waals surface area contributed by atoms with Crippen molar-refractivity contribution in [1.29, 1.82) is 5.41 Å². The third kappa shape index (κ3) is 4.34. The van der Waals surface area contributed by atoms with Gasteiger partial charge in [-0.05, 0) is 43.7 Å². The van der Waals surface area contributed by atoms with Crippen molar-refractivity contribution in [2.24, 2.45) is 33.3 Å². The fraction of sp³-hybridized carbons (Fsp3) is 0.542. The molecule has 9 nitrogen and oxygen atoms in total. The molecule has 1 aromatic carbocycles. The zero-order chi connectivity index (χ0) is 24.7. The number of oxime groups is 2. The summed E-state index contributed by atoms with van der Waals surface area (Å²) < 4.78 is 6.49. The highest BCUT2D eigenvalue weighted by atomic mass is 35.5. The van der Waals surface area contributed by atoms with Gasteiger partial charge in [0.1, 0.15) is 17.7 Å². The topological polar surface area (TPSA) is 129 Å². The standard InChI is InChI=1S/C24H30Cl2N6O3/c1-29-17(23(28)30-33)11-18(27)32-9-7-14(8-10-32)34-12-24-20(13-5-6-13)22(24)35-31-21(24)19-15(25)3-2-4-16(19)26/h2-4,11,13-14,20,22,27,29,33H,5-10,12H2,1H3,(H2,28,30)/b17-11-,27-18?. The molecule has 35 heavy (non-hydrogen) atoms. The lowest BCUT2D eigenvalue weighted by atomic mass is 9.90. The van der Waals surface area contributed by atoms with E-state index in [4.69, 9.17) is 49.1 Å². The van der Waals surface area contributed by atoms with E-state index in [1.54, 1.807) is 13.1 Å². The number of likely N-dealkylation sites (N-methyl/N-ethyl adjacent to an activating group) is 1. The Morgan fingerprint density at radius 1 is 1.34 bits per heavy atom. The normalized spacial score (nSPS) is 28.9. The summed E-state index contributed by atoms with van der Waals surface area (Å²) in [6, 6.07) is 5.50. The molecule has 0 aromatic heterocycles. The fourth-order valence-corrected chi connectivity index (χ4v) is 6.10. The maximum atomic E-state index is 8.90. The number of nitrogens with zero attached hydrogens (tertiary/aromatic N) is 3. The maximum absolute atomic E-state index is 8.90.